The lowest BCUT2D eigenvalue weighted by atomic mass is 10.0. The summed E-state index contributed by atoms with van der Waals surface area (Å²) in [6, 6.07) is 3.90. The van der Waals surface area contributed by atoms with Gasteiger partial charge in [0.15, 0.2) is 0 Å². The molecule has 6 nitrogen and oxygen atoms in total. The summed E-state index contributed by atoms with van der Waals surface area (Å²) < 4.78 is 0. The normalized spacial score (nSPS) is 16.6. The third-order valence-electron chi connectivity index (χ3n) is 3.46. The minimum Gasteiger partial charge on any atom is -0.338 e. The molecule has 1 amide bonds. The van der Waals surface area contributed by atoms with Crippen LogP contribution in [0.15, 0.2) is 18.5 Å². The van der Waals surface area contributed by atoms with Crippen molar-refractivity contribution in [1.82, 2.24) is 14.9 Å². The van der Waals surface area contributed by atoms with Gasteiger partial charge in [0.1, 0.15) is 5.92 Å². The van der Waals surface area contributed by atoms with Gasteiger partial charge >= 0.3 is 0 Å². The first kappa shape index (κ1) is 14.3. The second-order valence-corrected chi connectivity index (χ2v) is 4.83. The van der Waals surface area contributed by atoms with Crippen molar-refractivity contribution in [2.75, 3.05) is 31.1 Å². The van der Waals surface area contributed by atoms with Gasteiger partial charge in [-0.3, -0.25) is 4.79 Å². The van der Waals surface area contributed by atoms with Gasteiger partial charge in [-0.25, -0.2) is 9.97 Å². The third kappa shape index (κ3) is 3.23. The first-order chi connectivity index (χ1) is 9.76. The van der Waals surface area contributed by atoms with E-state index in [2.05, 4.69) is 20.9 Å². The van der Waals surface area contributed by atoms with E-state index in [4.69, 9.17) is 5.26 Å². The van der Waals surface area contributed by atoms with E-state index < -0.39 is 5.92 Å². The SMILES string of the molecule is CCCC(C#N)C(=O)N1CCN(c2ncccn2)CC1. The maximum Gasteiger partial charge on any atom is 0.240 e. The number of carbonyl (C=O) groups excluding carboxylic acids is 1. The first-order valence-electron chi connectivity index (χ1n) is 6.96. The Balaban J connectivity index is 1.91. The van der Waals surface area contributed by atoms with Gasteiger partial charge in [0.2, 0.25) is 11.9 Å². The second-order valence-electron chi connectivity index (χ2n) is 4.83. The van der Waals surface area contributed by atoms with Crippen molar-refractivity contribution >= 4 is 11.9 Å². The van der Waals surface area contributed by atoms with Crippen molar-refractivity contribution in [3.05, 3.63) is 18.5 Å². The molecule has 0 aromatic carbocycles. The van der Waals surface area contributed by atoms with Crippen LogP contribution in [0.4, 0.5) is 5.95 Å². The highest BCUT2D eigenvalue weighted by Gasteiger charge is 2.27. The Labute approximate surface area is 119 Å². The van der Waals surface area contributed by atoms with Gasteiger partial charge < -0.3 is 9.80 Å². The molecule has 1 aliphatic rings. The number of aromatic nitrogens is 2. The van der Waals surface area contributed by atoms with Gasteiger partial charge in [-0.2, -0.15) is 5.26 Å². The van der Waals surface area contributed by atoms with E-state index in [1.807, 2.05) is 6.92 Å². The monoisotopic (exact) mass is 273 g/mol. The van der Waals surface area contributed by atoms with E-state index in [1.165, 1.54) is 0 Å². The molecule has 1 fully saturated rings. The summed E-state index contributed by atoms with van der Waals surface area (Å²) >= 11 is 0. The molecule has 20 heavy (non-hydrogen) atoms. The molecule has 1 saturated heterocycles. The van der Waals surface area contributed by atoms with Crippen LogP contribution in [0, 0.1) is 17.2 Å². The molecule has 0 spiro atoms. The maximum atomic E-state index is 12.2. The average Bonchev–Trinajstić information content (AvgIpc) is 2.53. The summed E-state index contributed by atoms with van der Waals surface area (Å²) in [4.78, 5) is 24.5. The lowest BCUT2D eigenvalue weighted by Crippen LogP contribution is -2.50. The summed E-state index contributed by atoms with van der Waals surface area (Å²) in [5.74, 6) is 0.160. The van der Waals surface area contributed by atoms with Crippen LogP contribution < -0.4 is 4.90 Å². The maximum absolute atomic E-state index is 12.2. The van der Waals surface area contributed by atoms with Crippen LogP contribution in [0.25, 0.3) is 0 Å². The van der Waals surface area contributed by atoms with E-state index in [9.17, 15) is 4.79 Å². The molecule has 1 aliphatic heterocycles. The molecule has 2 rings (SSSR count). The molecule has 0 aliphatic carbocycles. The molecule has 6 heteroatoms. The smallest absolute Gasteiger partial charge is 0.240 e. The van der Waals surface area contributed by atoms with Gasteiger partial charge in [0.05, 0.1) is 6.07 Å². The minimum absolute atomic E-state index is 0.0389. The lowest BCUT2D eigenvalue weighted by molar-refractivity contribution is -0.134. The zero-order valence-corrected chi connectivity index (χ0v) is 11.7. The summed E-state index contributed by atoms with van der Waals surface area (Å²) in [5.41, 5.74) is 0. The molecule has 0 radical (unpaired) electrons. The number of anilines is 1. The van der Waals surface area contributed by atoms with Crippen LogP contribution in [-0.4, -0.2) is 47.0 Å². The second kappa shape index (κ2) is 6.85. The van der Waals surface area contributed by atoms with Gasteiger partial charge in [0, 0.05) is 38.6 Å². The van der Waals surface area contributed by atoms with Crippen molar-refractivity contribution in [2.24, 2.45) is 5.92 Å². The predicted molar refractivity (Wildman–Crippen MR) is 74.8 cm³/mol. The molecule has 0 saturated carbocycles. The fourth-order valence-corrected chi connectivity index (χ4v) is 2.33. The van der Waals surface area contributed by atoms with Gasteiger partial charge in [-0.15, -0.1) is 0 Å². The van der Waals surface area contributed by atoms with Crippen LogP contribution in [0.1, 0.15) is 19.8 Å². The van der Waals surface area contributed by atoms with E-state index in [0.29, 0.717) is 38.5 Å². The zero-order chi connectivity index (χ0) is 14.4. The quantitative estimate of drug-likeness (QED) is 0.820. The molecule has 1 aromatic rings. The zero-order valence-electron chi connectivity index (χ0n) is 11.7. The molecule has 0 N–H and O–H groups in total. The largest absolute Gasteiger partial charge is 0.338 e. The highest BCUT2D eigenvalue weighted by Crippen LogP contribution is 2.14. The molecule has 1 atom stereocenters. The van der Waals surface area contributed by atoms with Crippen molar-refractivity contribution in [2.45, 2.75) is 19.8 Å². The highest BCUT2D eigenvalue weighted by molar-refractivity contribution is 5.81. The van der Waals surface area contributed by atoms with Crippen LogP contribution in [-0.2, 0) is 4.79 Å². The molecular formula is C14H19N5O. The molecular weight excluding hydrogens is 254 g/mol. The standard InChI is InChI=1S/C14H19N5O/c1-2-4-12(11-15)13(20)18-7-9-19(10-8-18)14-16-5-3-6-17-14/h3,5-6,12H,2,4,7-10H2,1H3. The van der Waals surface area contributed by atoms with Gasteiger partial charge in [-0.1, -0.05) is 13.3 Å². The number of hydrogen-bond donors (Lipinski definition) is 0. The number of nitriles is 1. The summed E-state index contributed by atoms with van der Waals surface area (Å²) in [6.07, 6.45) is 4.92. The van der Waals surface area contributed by atoms with Crippen molar-refractivity contribution in [3.8, 4) is 6.07 Å². The molecule has 106 valence electrons. The fraction of sp³-hybridized carbons (Fsp3) is 0.571. The Bertz CT molecular complexity index is 476. The van der Waals surface area contributed by atoms with Crippen LogP contribution in [0.2, 0.25) is 0 Å². The van der Waals surface area contributed by atoms with Gasteiger partial charge in [0.25, 0.3) is 0 Å². The predicted octanol–water partition coefficient (Wildman–Crippen LogP) is 1.07. The number of amides is 1. The average molecular weight is 273 g/mol. The Kier molecular flexibility index (Phi) is 4.88. The van der Waals surface area contributed by atoms with Crippen LogP contribution >= 0.6 is 0 Å². The number of piperazine rings is 1. The van der Waals surface area contributed by atoms with E-state index in [1.54, 1.807) is 23.4 Å². The number of carbonyl (C=O) groups is 1. The van der Waals surface area contributed by atoms with E-state index in [-0.39, 0.29) is 5.91 Å². The lowest BCUT2D eigenvalue weighted by Gasteiger charge is -2.35. The van der Waals surface area contributed by atoms with Crippen LogP contribution in [0.3, 0.4) is 0 Å². The van der Waals surface area contributed by atoms with Crippen LogP contribution in [0.5, 0.6) is 0 Å². The molecule has 1 unspecified atom stereocenters. The first-order valence-corrected chi connectivity index (χ1v) is 6.96. The Morgan fingerprint density at radius 1 is 1.35 bits per heavy atom. The highest BCUT2D eigenvalue weighted by atomic mass is 16.2. The molecule has 2 heterocycles. The number of rotatable bonds is 4. The van der Waals surface area contributed by atoms with Crippen molar-refractivity contribution in [3.63, 3.8) is 0 Å². The van der Waals surface area contributed by atoms with Crippen molar-refractivity contribution in [1.29, 1.82) is 5.26 Å². The summed E-state index contributed by atoms with van der Waals surface area (Å²) in [6.45, 7) is 4.65. The van der Waals surface area contributed by atoms with E-state index in [0.717, 1.165) is 6.42 Å². The summed E-state index contributed by atoms with van der Waals surface area (Å²) in [5, 5.41) is 9.06. The van der Waals surface area contributed by atoms with Gasteiger partial charge in [-0.05, 0) is 12.5 Å². The van der Waals surface area contributed by atoms with Crippen molar-refractivity contribution < 1.29 is 4.79 Å². The number of hydrogen-bond acceptors (Lipinski definition) is 5. The van der Waals surface area contributed by atoms with E-state index >= 15 is 0 Å². The fourth-order valence-electron chi connectivity index (χ4n) is 2.33. The third-order valence-corrected chi connectivity index (χ3v) is 3.46. The Morgan fingerprint density at radius 2 is 2.00 bits per heavy atom. The topological polar surface area (TPSA) is 73.1 Å². The Morgan fingerprint density at radius 3 is 2.55 bits per heavy atom. The summed E-state index contributed by atoms with van der Waals surface area (Å²) in [7, 11) is 0. The minimum atomic E-state index is -0.500. The molecule has 0 bridgehead atoms. The molecule has 1 aromatic heterocycles. The number of nitrogens with zero attached hydrogens (tertiary/aromatic N) is 5. The Hall–Kier alpha value is -2.16.